The highest BCUT2D eigenvalue weighted by molar-refractivity contribution is 5.93. The van der Waals surface area contributed by atoms with Gasteiger partial charge in [-0.15, -0.1) is 0 Å². The Morgan fingerprint density at radius 1 is 1.14 bits per heavy atom. The largest absolute Gasteiger partial charge is 0.497 e. The number of hydrogen-bond donors (Lipinski definition) is 1. The first-order valence-electron chi connectivity index (χ1n) is 8.94. The smallest absolute Gasteiger partial charge is 0.273 e. The van der Waals surface area contributed by atoms with E-state index in [-0.39, 0.29) is 18.0 Å². The number of ether oxygens (including phenoxy) is 1. The zero-order chi connectivity index (χ0) is 19.7. The molecular weight excluding hydrogens is 356 g/mol. The number of hydrogen-bond acceptors (Lipinski definition) is 4. The van der Waals surface area contributed by atoms with Crippen molar-refractivity contribution in [1.82, 2.24) is 19.5 Å². The number of rotatable bonds is 5. The second kappa shape index (κ2) is 7.19. The van der Waals surface area contributed by atoms with Gasteiger partial charge in [-0.2, -0.15) is 4.98 Å². The molecule has 0 bridgehead atoms. The summed E-state index contributed by atoms with van der Waals surface area (Å²) in [7, 11) is 1.61. The molecule has 2 aromatic carbocycles. The molecule has 1 amide bonds. The Labute approximate surface area is 161 Å². The number of methoxy groups -OCH3 is 1. The molecule has 0 aliphatic carbocycles. The van der Waals surface area contributed by atoms with Crippen molar-refractivity contribution in [3.05, 3.63) is 76.2 Å². The molecule has 2 heterocycles. The van der Waals surface area contributed by atoms with Gasteiger partial charge in [0.25, 0.3) is 5.56 Å². The highest BCUT2D eigenvalue weighted by Crippen LogP contribution is 2.21. The Kier molecular flexibility index (Phi) is 4.57. The summed E-state index contributed by atoms with van der Waals surface area (Å²) in [6, 6.07) is 16.7. The third kappa shape index (κ3) is 3.22. The van der Waals surface area contributed by atoms with Gasteiger partial charge in [0.2, 0.25) is 5.91 Å². The van der Waals surface area contributed by atoms with Gasteiger partial charge < -0.3 is 10.1 Å². The molecule has 0 atom stereocenters. The second-order valence-electron chi connectivity index (χ2n) is 6.57. The Morgan fingerprint density at radius 2 is 1.96 bits per heavy atom. The highest BCUT2D eigenvalue weighted by Gasteiger charge is 2.15. The van der Waals surface area contributed by atoms with E-state index in [0.717, 1.165) is 27.9 Å². The van der Waals surface area contributed by atoms with Crippen LogP contribution >= 0.6 is 0 Å². The quantitative estimate of drug-likeness (QED) is 0.580. The number of amides is 1. The summed E-state index contributed by atoms with van der Waals surface area (Å²) >= 11 is 0. The lowest BCUT2D eigenvalue weighted by molar-refractivity contribution is -0.122. The molecule has 0 spiro atoms. The van der Waals surface area contributed by atoms with Gasteiger partial charge in [0.05, 0.1) is 12.6 Å². The molecule has 0 saturated carbocycles. The van der Waals surface area contributed by atoms with Crippen molar-refractivity contribution in [3.8, 4) is 5.75 Å². The van der Waals surface area contributed by atoms with Crippen LogP contribution in [0, 0.1) is 6.92 Å². The van der Waals surface area contributed by atoms with Crippen LogP contribution < -0.4 is 15.6 Å². The van der Waals surface area contributed by atoms with Crippen LogP contribution in [0.3, 0.4) is 0 Å². The maximum Gasteiger partial charge on any atom is 0.273 e. The molecule has 0 aliphatic heterocycles. The Balaban J connectivity index is 1.65. The van der Waals surface area contributed by atoms with Gasteiger partial charge in [0, 0.05) is 23.7 Å². The minimum absolute atomic E-state index is 0.110. The van der Waals surface area contributed by atoms with Crippen molar-refractivity contribution in [2.45, 2.75) is 20.0 Å². The highest BCUT2D eigenvalue weighted by atomic mass is 16.5. The van der Waals surface area contributed by atoms with Crippen molar-refractivity contribution < 1.29 is 9.53 Å². The maximum atomic E-state index is 12.6. The average molecular weight is 376 g/mol. The predicted molar refractivity (Wildman–Crippen MR) is 107 cm³/mol. The van der Waals surface area contributed by atoms with Crippen molar-refractivity contribution in [2.75, 3.05) is 7.11 Å². The molecule has 0 radical (unpaired) electrons. The standard InChI is InChI=1S/C21H20N4O3/c1-14-10-19(26)23-21-17-8-3-4-9-18(17)24(25(14)21)13-20(27)22-12-15-6-5-7-16(11-15)28-2/h3-11H,12-13H2,1-2H3,(H,22,27). The van der Waals surface area contributed by atoms with Crippen LogP contribution in [0.2, 0.25) is 0 Å². The summed E-state index contributed by atoms with van der Waals surface area (Å²) in [5.74, 6) is 0.614. The van der Waals surface area contributed by atoms with E-state index in [1.54, 1.807) is 7.11 Å². The number of nitrogens with zero attached hydrogens (tertiary/aromatic N) is 3. The number of benzene rings is 2. The Hall–Kier alpha value is -3.61. The molecule has 4 rings (SSSR count). The molecule has 0 unspecified atom stereocenters. The van der Waals surface area contributed by atoms with Gasteiger partial charge >= 0.3 is 0 Å². The third-order valence-electron chi connectivity index (χ3n) is 4.66. The molecule has 0 saturated heterocycles. The van der Waals surface area contributed by atoms with Crippen LogP contribution in [0.5, 0.6) is 5.75 Å². The lowest BCUT2D eigenvalue weighted by Crippen LogP contribution is -2.29. The zero-order valence-electron chi connectivity index (χ0n) is 15.7. The van der Waals surface area contributed by atoms with E-state index in [4.69, 9.17) is 4.74 Å². The van der Waals surface area contributed by atoms with Crippen molar-refractivity contribution >= 4 is 22.5 Å². The fourth-order valence-electron chi connectivity index (χ4n) is 3.40. The summed E-state index contributed by atoms with van der Waals surface area (Å²) in [5, 5.41) is 3.77. The van der Waals surface area contributed by atoms with E-state index < -0.39 is 0 Å². The third-order valence-corrected chi connectivity index (χ3v) is 4.66. The van der Waals surface area contributed by atoms with E-state index in [1.807, 2.05) is 64.7 Å². The number of nitrogens with one attached hydrogen (secondary N) is 1. The van der Waals surface area contributed by atoms with E-state index in [0.29, 0.717) is 12.2 Å². The van der Waals surface area contributed by atoms with Gasteiger partial charge in [-0.3, -0.25) is 14.3 Å². The lowest BCUT2D eigenvalue weighted by atomic mass is 10.2. The molecule has 7 nitrogen and oxygen atoms in total. The molecule has 7 heteroatoms. The van der Waals surface area contributed by atoms with Gasteiger partial charge in [-0.25, -0.2) is 4.52 Å². The van der Waals surface area contributed by atoms with Gasteiger partial charge in [-0.05, 0) is 36.8 Å². The topological polar surface area (TPSA) is 77.6 Å². The van der Waals surface area contributed by atoms with Crippen LogP contribution in [0.15, 0.2) is 59.4 Å². The van der Waals surface area contributed by atoms with Gasteiger partial charge in [-0.1, -0.05) is 24.3 Å². The molecule has 1 N–H and O–H groups in total. The monoisotopic (exact) mass is 376 g/mol. The maximum absolute atomic E-state index is 12.6. The van der Waals surface area contributed by atoms with E-state index in [1.165, 1.54) is 6.07 Å². The summed E-state index contributed by atoms with van der Waals surface area (Å²) in [5.41, 5.74) is 2.80. The predicted octanol–water partition coefficient (Wildman–Crippen LogP) is 2.28. The molecule has 28 heavy (non-hydrogen) atoms. The number of aryl methyl sites for hydroxylation is 1. The average Bonchev–Trinajstić information content (AvgIpc) is 3.00. The zero-order valence-corrected chi connectivity index (χ0v) is 15.7. The minimum atomic E-state index is -0.289. The van der Waals surface area contributed by atoms with Crippen LogP contribution in [0.1, 0.15) is 11.3 Å². The first-order valence-corrected chi connectivity index (χ1v) is 8.94. The molecule has 4 aromatic rings. The molecule has 142 valence electrons. The second-order valence-corrected chi connectivity index (χ2v) is 6.57. The summed E-state index contributed by atoms with van der Waals surface area (Å²) in [6.07, 6.45) is 0. The molecule has 0 fully saturated rings. The van der Waals surface area contributed by atoms with E-state index in [9.17, 15) is 9.59 Å². The lowest BCUT2D eigenvalue weighted by Gasteiger charge is -2.11. The van der Waals surface area contributed by atoms with Crippen LogP contribution in [0.25, 0.3) is 16.6 Å². The Bertz CT molecular complexity index is 1240. The van der Waals surface area contributed by atoms with Crippen molar-refractivity contribution in [3.63, 3.8) is 0 Å². The number of aromatic nitrogens is 3. The normalized spacial score (nSPS) is 11.1. The first kappa shape index (κ1) is 17.8. The Morgan fingerprint density at radius 3 is 2.79 bits per heavy atom. The van der Waals surface area contributed by atoms with Crippen molar-refractivity contribution in [1.29, 1.82) is 0 Å². The fourth-order valence-corrected chi connectivity index (χ4v) is 3.40. The number of carbonyl (C=O) groups is 1. The SMILES string of the molecule is COc1cccc(CNC(=O)Cn2c3ccccc3c3nc(=O)cc(C)n32)c1. The van der Waals surface area contributed by atoms with Crippen molar-refractivity contribution in [2.24, 2.45) is 0 Å². The number of para-hydroxylation sites is 1. The summed E-state index contributed by atoms with van der Waals surface area (Å²) in [6.45, 7) is 2.35. The fraction of sp³-hybridized carbons (Fsp3) is 0.190. The van der Waals surface area contributed by atoms with E-state index in [2.05, 4.69) is 10.3 Å². The van der Waals surface area contributed by atoms with E-state index >= 15 is 0 Å². The van der Waals surface area contributed by atoms with Crippen LogP contribution in [0.4, 0.5) is 0 Å². The first-order chi connectivity index (χ1) is 13.6. The van der Waals surface area contributed by atoms with Gasteiger partial charge in [0.15, 0.2) is 5.65 Å². The summed E-state index contributed by atoms with van der Waals surface area (Å²) in [4.78, 5) is 28.7. The number of fused-ring (bicyclic) bond motifs is 3. The summed E-state index contributed by atoms with van der Waals surface area (Å²) < 4.78 is 8.87. The molecular formula is C21H20N4O3. The molecule has 2 aromatic heterocycles. The van der Waals surface area contributed by atoms with Crippen LogP contribution in [-0.4, -0.2) is 27.2 Å². The minimum Gasteiger partial charge on any atom is -0.497 e. The molecule has 0 aliphatic rings. The number of carbonyl (C=O) groups excluding carboxylic acids is 1. The van der Waals surface area contributed by atoms with Crippen LogP contribution in [-0.2, 0) is 17.9 Å². The van der Waals surface area contributed by atoms with Gasteiger partial charge in [0.1, 0.15) is 12.3 Å².